The maximum atomic E-state index is 14.5. The van der Waals surface area contributed by atoms with Crippen LogP contribution in [-0.2, 0) is 43.2 Å². The number of halogens is 4. The average Bonchev–Trinajstić information content (AvgIpc) is 3.70. The van der Waals surface area contributed by atoms with E-state index in [1.807, 2.05) is 0 Å². The molecule has 1 atom stereocenters. The van der Waals surface area contributed by atoms with Crippen molar-refractivity contribution in [3.63, 3.8) is 0 Å². The van der Waals surface area contributed by atoms with Gasteiger partial charge in [0.05, 0.1) is 50.7 Å². The molecule has 8 rings (SSSR count). The lowest BCUT2D eigenvalue weighted by Gasteiger charge is -2.39. The van der Waals surface area contributed by atoms with Gasteiger partial charge in [-0.15, -0.1) is 5.10 Å². The molecule has 0 bridgehead atoms. The second-order valence-electron chi connectivity index (χ2n) is 14.2. The maximum Gasteiger partial charge on any atom is 0.416 e. The fourth-order valence-corrected chi connectivity index (χ4v) is 9.84. The molecule has 0 aliphatic carbocycles. The molecule has 2 saturated heterocycles. The smallest absolute Gasteiger partial charge is 0.416 e. The number of pyridine rings is 1. The van der Waals surface area contributed by atoms with Crippen LogP contribution in [0.1, 0.15) is 58.7 Å². The number of ether oxygens (including phenoxy) is 1. The van der Waals surface area contributed by atoms with Crippen LogP contribution in [0.3, 0.4) is 0 Å². The van der Waals surface area contributed by atoms with E-state index in [1.165, 1.54) is 27.8 Å². The lowest BCUT2D eigenvalue weighted by atomic mass is 9.85. The number of hydrogen-bond donors (Lipinski definition) is 3. The van der Waals surface area contributed by atoms with Crippen LogP contribution >= 0.6 is 11.6 Å². The Labute approximate surface area is 320 Å². The van der Waals surface area contributed by atoms with E-state index in [1.54, 1.807) is 31.2 Å². The Hall–Kier alpha value is -5.37. The Bertz CT molecular complexity index is 2610. The van der Waals surface area contributed by atoms with Crippen molar-refractivity contribution in [3.05, 3.63) is 104 Å². The highest BCUT2D eigenvalue weighted by atomic mass is 35.5. The molecule has 6 heterocycles. The van der Waals surface area contributed by atoms with E-state index in [2.05, 4.69) is 20.4 Å². The first-order chi connectivity index (χ1) is 26.4. The minimum atomic E-state index is -4.65. The molecule has 292 valence electrons. The third kappa shape index (κ3) is 6.37. The van der Waals surface area contributed by atoms with Crippen molar-refractivity contribution >= 4 is 44.7 Å². The van der Waals surface area contributed by atoms with Crippen molar-refractivity contribution in [3.8, 4) is 17.1 Å². The van der Waals surface area contributed by atoms with Gasteiger partial charge in [0.15, 0.2) is 21.4 Å². The van der Waals surface area contributed by atoms with Gasteiger partial charge < -0.3 is 30.4 Å². The second-order valence-corrected chi connectivity index (χ2v) is 16.7. The number of hydrogen-bond acceptors (Lipinski definition) is 11. The first kappa shape index (κ1) is 37.5. The normalized spacial score (nSPS) is 19.5. The van der Waals surface area contributed by atoms with Gasteiger partial charge in [-0.05, 0) is 55.7 Å². The predicted molar refractivity (Wildman–Crippen MR) is 195 cm³/mol. The summed E-state index contributed by atoms with van der Waals surface area (Å²) in [7, 11) is -3.23. The van der Waals surface area contributed by atoms with Crippen LogP contribution in [0.2, 0.25) is 5.02 Å². The summed E-state index contributed by atoms with van der Waals surface area (Å²) in [5.41, 5.74) is 3.88. The molecule has 2 fully saturated rings. The van der Waals surface area contributed by atoms with E-state index >= 15 is 0 Å². The molecule has 4 N–H and O–H groups in total. The van der Waals surface area contributed by atoms with Crippen molar-refractivity contribution in [1.82, 2.24) is 29.0 Å². The molecule has 2 aromatic carbocycles. The van der Waals surface area contributed by atoms with Gasteiger partial charge in [-0.25, -0.2) is 13.4 Å². The quantitative estimate of drug-likeness (QED) is 0.225. The molecule has 56 heavy (non-hydrogen) atoms. The minimum absolute atomic E-state index is 0.0346. The Balaban J connectivity index is 1.17. The fourth-order valence-electron chi connectivity index (χ4n) is 7.79. The summed E-state index contributed by atoms with van der Waals surface area (Å²) in [6, 6.07) is 12.0. The van der Waals surface area contributed by atoms with E-state index < -0.39 is 62.7 Å². The third-order valence-electron chi connectivity index (χ3n) is 10.4. The van der Waals surface area contributed by atoms with E-state index in [0.717, 1.165) is 16.6 Å². The number of nitrogens with zero attached hydrogens (tertiary/aromatic N) is 6. The van der Waals surface area contributed by atoms with Crippen LogP contribution in [0.4, 0.5) is 18.9 Å². The minimum Gasteiger partial charge on any atom is -0.505 e. The van der Waals surface area contributed by atoms with Gasteiger partial charge >= 0.3 is 6.18 Å². The number of carbonyl (C=O) groups excluding carboxylic acids is 2. The summed E-state index contributed by atoms with van der Waals surface area (Å²) >= 11 is 6.14. The van der Waals surface area contributed by atoms with Crippen LogP contribution < -0.4 is 16.6 Å². The van der Waals surface area contributed by atoms with Crippen molar-refractivity contribution in [2.45, 2.75) is 49.7 Å². The van der Waals surface area contributed by atoms with E-state index in [-0.39, 0.29) is 76.8 Å². The predicted octanol–water partition coefficient (Wildman–Crippen LogP) is 3.77. The molecule has 0 radical (unpaired) electrons. The second kappa shape index (κ2) is 13.1. The number of fused-ring (bicyclic) bond motifs is 3. The van der Waals surface area contributed by atoms with Gasteiger partial charge in [-0.2, -0.15) is 22.7 Å². The zero-order valence-corrected chi connectivity index (χ0v) is 31.0. The molecule has 15 nitrogen and oxygen atoms in total. The summed E-state index contributed by atoms with van der Waals surface area (Å²) in [5, 5.41) is 17.0. The summed E-state index contributed by atoms with van der Waals surface area (Å²) in [6.07, 6.45) is -3.71. The van der Waals surface area contributed by atoms with Gasteiger partial charge in [-0.1, -0.05) is 35.9 Å². The molecule has 3 aliphatic rings. The number of nitrogens with one attached hydrogen (secondary N) is 1. The Morgan fingerprint density at radius 3 is 2.43 bits per heavy atom. The molecule has 20 heteroatoms. The standard InChI is InChI=1S/C36H32ClF3N8O7S/c1-19-29-27(35(55-19)10-13-46(14-11-35)32(52)28-25(49)3-2-12-42-28)31(51)48-33(47(29)16-26(50)43-24-9-8-22(15-23(24)37)36(38,39)40)44-30(45-48)20-4-6-21(7-5-20)34(41)17-56(53,54)18-34/h2-9,12,15,19,49H,10-11,13-14,16-18,41H2,1H3,(H,43,50)/t19-/m1/s1. The number of anilines is 1. The zero-order chi connectivity index (χ0) is 39.9. The molecule has 5 aromatic rings. The van der Waals surface area contributed by atoms with Crippen LogP contribution in [0, 0.1) is 0 Å². The number of aromatic nitrogens is 5. The lowest BCUT2D eigenvalue weighted by molar-refractivity contribution is -0.137. The first-order valence-electron chi connectivity index (χ1n) is 17.3. The first-order valence-corrected chi connectivity index (χ1v) is 19.5. The Morgan fingerprint density at radius 1 is 1.11 bits per heavy atom. The molecule has 3 aliphatic heterocycles. The van der Waals surface area contributed by atoms with Crippen molar-refractivity contribution < 1.29 is 41.0 Å². The maximum absolute atomic E-state index is 14.5. The summed E-state index contributed by atoms with van der Waals surface area (Å²) in [6.45, 7) is 1.47. The van der Waals surface area contributed by atoms with Gasteiger partial charge in [0.1, 0.15) is 17.9 Å². The monoisotopic (exact) mass is 812 g/mol. The van der Waals surface area contributed by atoms with Crippen molar-refractivity contribution in [1.29, 1.82) is 0 Å². The molecular formula is C36H32ClF3N8O7S. The highest BCUT2D eigenvalue weighted by Crippen LogP contribution is 2.48. The molecule has 3 aromatic heterocycles. The van der Waals surface area contributed by atoms with Crippen LogP contribution in [0.5, 0.6) is 5.75 Å². The van der Waals surface area contributed by atoms with Gasteiger partial charge in [0.2, 0.25) is 11.7 Å². The summed E-state index contributed by atoms with van der Waals surface area (Å²) in [5.74, 6) is -1.81. The Kier molecular flexibility index (Phi) is 8.79. The number of amides is 2. The molecule has 1 spiro atoms. The zero-order valence-electron chi connectivity index (χ0n) is 29.4. The van der Waals surface area contributed by atoms with Gasteiger partial charge in [0.25, 0.3) is 11.5 Å². The summed E-state index contributed by atoms with van der Waals surface area (Å²) in [4.78, 5) is 51.6. The fraction of sp³-hybridized carbons (Fsp3) is 0.333. The molecule has 0 saturated carbocycles. The lowest BCUT2D eigenvalue weighted by Crippen LogP contribution is -2.58. The topological polar surface area (TPSA) is 204 Å². The van der Waals surface area contributed by atoms with E-state index in [9.17, 15) is 41.1 Å². The van der Waals surface area contributed by atoms with E-state index in [0.29, 0.717) is 22.9 Å². The van der Waals surface area contributed by atoms with Gasteiger partial charge in [-0.3, -0.25) is 14.4 Å². The number of sulfone groups is 1. The highest BCUT2D eigenvalue weighted by Gasteiger charge is 2.51. The number of aromatic hydroxyl groups is 1. The van der Waals surface area contributed by atoms with Crippen molar-refractivity contribution in [2.24, 2.45) is 5.73 Å². The number of alkyl halides is 3. The summed E-state index contributed by atoms with van der Waals surface area (Å²) < 4.78 is 72.6. The molecule has 2 amide bonds. The van der Waals surface area contributed by atoms with Crippen LogP contribution in [0.15, 0.2) is 65.6 Å². The molecule has 0 unspecified atom stereocenters. The van der Waals surface area contributed by atoms with Crippen LogP contribution in [0.25, 0.3) is 17.2 Å². The average molecular weight is 813 g/mol. The number of benzene rings is 2. The van der Waals surface area contributed by atoms with Crippen LogP contribution in [-0.4, -0.2) is 79.0 Å². The highest BCUT2D eigenvalue weighted by molar-refractivity contribution is 7.93. The van der Waals surface area contributed by atoms with E-state index in [4.69, 9.17) is 22.1 Å². The van der Waals surface area contributed by atoms with Gasteiger partial charge in [0, 0.05) is 24.8 Å². The number of rotatable bonds is 6. The SMILES string of the molecule is C[C@H]1OC2(CCN(C(=O)c3ncccc3O)CC2)c2c1n(CC(=O)Nc1ccc(C(F)(F)F)cc1Cl)c1nc(-c3ccc(C4(N)CS(=O)(=O)C4)cc3)nn1c2=O. The number of nitrogens with two attached hydrogens (primary N) is 1. The molecular weight excluding hydrogens is 781 g/mol. The Morgan fingerprint density at radius 2 is 1.80 bits per heavy atom. The van der Waals surface area contributed by atoms with Crippen molar-refractivity contribution in [2.75, 3.05) is 29.9 Å². The number of carbonyl (C=O) groups is 2. The number of piperidine rings is 1. The third-order valence-corrected chi connectivity index (χ3v) is 12.6. The largest absolute Gasteiger partial charge is 0.505 e. The number of likely N-dealkylation sites (tertiary alicyclic amines) is 1.